The normalized spacial score (nSPS) is 11.7. The highest BCUT2D eigenvalue weighted by atomic mass is 16.5. The van der Waals surface area contributed by atoms with Crippen LogP contribution >= 0.6 is 0 Å². The van der Waals surface area contributed by atoms with Crippen molar-refractivity contribution in [3.63, 3.8) is 0 Å². The van der Waals surface area contributed by atoms with Gasteiger partial charge in [-0.15, -0.1) is 0 Å². The number of nitrogens with zero attached hydrogens (tertiary/aromatic N) is 1. The quantitative estimate of drug-likeness (QED) is 0.353. The number of ketones is 1. The molecule has 0 aromatic carbocycles. The van der Waals surface area contributed by atoms with Gasteiger partial charge in [0, 0.05) is 6.54 Å². The maximum Gasteiger partial charge on any atom is 0.351 e. The molecule has 1 rings (SSSR count). The smallest absolute Gasteiger partial charge is 0.351 e. The summed E-state index contributed by atoms with van der Waals surface area (Å²) in [6, 6.07) is 0. The summed E-state index contributed by atoms with van der Waals surface area (Å²) >= 11 is 0. The van der Waals surface area contributed by atoms with Crippen molar-refractivity contribution in [3.05, 3.63) is 21.5 Å². The highest BCUT2D eigenvalue weighted by Gasteiger charge is 2.23. The molecule has 1 heterocycles. The van der Waals surface area contributed by atoms with E-state index in [1.165, 1.54) is 45.4 Å². The summed E-state index contributed by atoms with van der Waals surface area (Å²) in [5.41, 5.74) is -1.16. The van der Waals surface area contributed by atoms with E-state index in [0.717, 1.165) is 12.8 Å². The molecule has 6 heteroatoms. The van der Waals surface area contributed by atoms with E-state index in [0.29, 0.717) is 12.3 Å². The summed E-state index contributed by atoms with van der Waals surface area (Å²) in [4.78, 5) is 27.6. The van der Waals surface area contributed by atoms with E-state index < -0.39 is 28.7 Å². The molecule has 0 aliphatic heterocycles. The summed E-state index contributed by atoms with van der Waals surface area (Å²) < 4.78 is 4.63. The first-order valence-electron chi connectivity index (χ1n) is 9.01. The highest BCUT2D eigenvalue weighted by Crippen LogP contribution is 2.28. The van der Waals surface area contributed by atoms with E-state index in [9.17, 15) is 19.8 Å². The van der Waals surface area contributed by atoms with E-state index in [1.807, 2.05) is 0 Å². The lowest BCUT2D eigenvalue weighted by atomic mass is 10.1. The third-order valence-electron chi connectivity index (χ3n) is 4.16. The number of hydrogen-bond donors (Lipinski definition) is 2. The fraction of sp³-hybridized carbons (Fsp3) is 0.632. The zero-order valence-electron chi connectivity index (χ0n) is 15.4. The monoisotopic (exact) mass is 351 g/mol. The molecule has 1 aromatic rings. The van der Waals surface area contributed by atoms with Crippen molar-refractivity contribution in [2.24, 2.45) is 4.99 Å². The maximum absolute atomic E-state index is 11.9. The molecule has 0 fully saturated rings. The van der Waals surface area contributed by atoms with E-state index in [-0.39, 0.29) is 5.56 Å². The minimum Gasteiger partial charge on any atom is -0.506 e. The van der Waals surface area contributed by atoms with Gasteiger partial charge < -0.3 is 14.6 Å². The minimum absolute atomic E-state index is 0.164. The number of hydrogen-bond acceptors (Lipinski definition) is 6. The number of Topliss-reactive ketones (excluding diaryl/α,β-unsaturated/α-hetero) is 1. The maximum atomic E-state index is 11.9. The van der Waals surface area contributed by atoms with Crippen LogP contribution in [0.2, 0.25) is 0 Å². The Morgan fingerprint density at radius 2 is 1.52 bits per heavy atom. The molecule has 140 valence electrons. The fourth-order valence-electron chi connectivity index (χ4n) is 2.72. The van der Waals surface area contributed by atoms with Gasteiger partial charge in [0.1, 0.15) is 16.9 Å². The van der Waals surface area contributed by atoms with Gasteiger partial charge >= 0.3 is 5.63 Å². The SMILES string of the molecule is CCCCCCCCCCN=C(C)c1c(O)c(C(C)=O)c(O)oc1=O. The molecule has 0 unspecified atom stereocenters. The molecule has 0 bridgehead atoms. The zero-order chi connectivity index (χ0) is 18.8. The van der Waals surface area contributed by atoms with Gasteiger partial charge in [-0.1, -0.05) is 51.9 Å². The minimum atomic E-state index is -0.905. The third kappa shape index (κ3) is 6.36. The second-order valence-electron chi connectivity index (χ2n) is 6.29. The lowest BCUT2D eigenvalue weighted by molar-refractivity contribution is 0.100. The van der Waals surface area contributed by atoms with Crippen LogP contribution < -0.4 is 5.63 Å². The summed E-state index contributed by atoms with van der Waals surface area (Å²) in [5.74, 6) is -2.02. The van der Waals surface area contributed by atoms with Crippen LogP contribution in [-0.4, -0.2) is 28.3 Å². The molecule has 0 radical (unpaired) electrons. The van der Waals surface area contributed by atoms with Crippen LogP contribution in [0.1, 0.15) is 88.1 Å². The lowest BCUT2D eigenvalue weighted by Gasteiger charge is -2.07. The highest BCUT2D eigenvalue weighted by molar-refractivity contribution is 6.06. The Hall–Kier alpha value is -2.11. The van der Waals surface area contributed by atoms with Gasteiger partial charge in [0.15, 0.2) is 5.78 Å². The molecule has 0 saturated heterocycles. The van der Waals surface area contributed by atoms with Gasteiger partial charge in [-0.3, -0.25) is 9.79 Å². The lowest BCUT2D eigenvalue weighted by Crippen LogP contribution is -2.15. The van der Waals surface area contributed by atoms with E-state index in [4.69, 9.17) is 0 Å². The van der Waals surface area contributed by atoms with Crippen molar-refractivity contribution in [2.75, 3.05) is 6.54 Å². The van der Waals surface area contributed by atoms with Gasteiger partial charge in [-0.25, -0.2) is 4.79 Å². The zero-order valence-corrected chi connectivity index (χ0v) is 15.4. The number of rotatable bonds is 11. The molecular weight excluding hydrogens is 322 g/mol. The topological polar surface area (TPSA) is 100 Å². The Morgan fingerprint density at radius 3 is 2.08 bits per heavy atom. The number of aliphatic imine (C=N–C) groups is 1. The van der Waals surface area contributed by atoms with Gasteiger partial charge in [-0.2, -0.15) is 0 Å². The van der Waals surface area contributed by atoms with Crippen LogP contribution in [0.3, 0.4) is 0 Å². The molecule has 0 amide bonds. The predicted octanol–water partition coefficient (Wildman–Crippen LogP) is 4.20. The van der Waals surface area contributed by atoms with E-state index >= 15 is 0 Å². The van der Waals surface area contributed by atoms with Gasteiger partial charge in [-0.05, 0) is 20.3 Å². The Morgan fingerprint density at radius 1 is 0.960 bits per heavy atom. The molecule has 6 nitrogen and oxygen atoms in total. The molecular formula is C19H29NO5. The van der Waals surface area contributed by atoms with E-state index in [1.54, 1.807) is 6.92 Å². The summed E-state index contributed by atoms with van der Waals surface area (Å²) in [5, 5.41) is 19.6. The molecule has 0 atom stereocenters. The van der Waals surface area contributed by atoms with Crippen LogP contribution in [0.4, 0.5) is 0 Å². The standard InChI is InChI=1S/C19H29NO5/c1-4-5-6-7-8-9-10-11-12-20-13(2)15-17(22)16(14(3)21)19(24)25-18(15)23/h22,24H,4-12H2,1-3H3. The van der Waals surface area contributed by atoms with Crippen molar-refractivity contribution in [1.29, 1.82) is 0 Å². The average Bonchev–Trinajstić information content (AvgIpc) is 2.52. The van der Waals surface area contributed by atoms with Crippen molar-refractivity contribution in [3.8, 4) is 11.7 Å². The first-order chi connectivity index (χ1) is 11.9. The second-order valence-corrected chi connectivity index (χ2v) is 6.29. The first kappa shape index (κ1) is 20.9. The molecule has 0 aliphatic rings. The van der Waals surface area contributed by atoms with Crippen molar-refractivity contribution in [2.45, 2.75) is 72.1 Å². The van der Waals surface area contributed by atoms with Crippen LogP contribution in [-0.2, 0) is 0 Å². The molecule has 2 N–H and O–H groups in total. The van der Waals surface area contributed by atoms with Crippen LogP contribution in [0.5, 0.6) is 11.7 Å². The van der Waals surface area contributed by atoms with Crippen LogP contribution in [0.15, 0.2) is 14.2 Å². The third-order valence-corrected chi connectivity index (χ3v) is 4.16. The Bertz CT molecular complexity index is 661. The van der Waals surface area contributed by atoms with Crippen LogP contribution in [0.25, 0.3) is 0 Å². The Balaban J connectivity index is 2.61. The van der Waals surface area contributed by atoms with Crippen molar-refractivity contribution >= 4 is 11.5 Å². The number of unbranched alkanes of at least 4 members (excludes halogenated alkanes) is 7. The molecule has 25 heavy (non-hydrogen) atoms. The Labute approximate surface area is 148 Å². The second kappa shape index (κ2) is 10.7. The van der Waals surface area contributed by atoms with Gasteiger partial charge in [0.25, 0.3) is 5.95 Å². The Kier molecular flexibility index (Phi) is 8.95. The molecule has 0 saturated carbocycles. The number of aromatic hydroxyl groups is 2. The van der Waals surface area contributed by atoms with Crippen molar-refractivity contribution in [1.82, 2.24) is 0 Å². The average molecular weight is 351 g/mol. The predicted molar refractivity (Wildman–Crippen MR) is 98.0 cm³/mol. The van der Waals surface area contributed by atoms with E-state index in [2.05, 4.69) is 16.3 Å². The first-order valence-corrected chi connectivity index (χ1v) is 9.01. The van der Waals surface area contributed by atoms with Crippen molar-refractivity contribution < 1.29 is 19.4 Å². The van der Waals surface area contributed by atoms with Gasteiger partial charge in [0.2, 0.25) is 0 Å². The largest absolute Gasteiger partial charge is 0.506 e. The molecule has 0 aliphatic carbocycles. The number of carbonyl (C=O) groups is 1. The van der Waals surface area contributed by atoms with Crippen LogP contribution in [0, 0.1) is 0 Å². The van der Waals surface area contributed by atoms with Gasteiger partial charge in [0.05, 0.1) is 5.71 Å². The molecule has 1 aromatic heterocycles. The molecule has 0 spiro atoms. The summed E-state index contributed by atoms with van der Waals surface area (Å²) in [6.07, 6.45) is 9.47. The number of carbonyl (C=O) groups excluding carboxylic acids is 1. The fourth-order valence-corrected chi connectivity index (χ4v) is 2.72. The summed E-state index contributed by atoms with van der Waals surface area (Å²) in [6.45, 7) is 5.49. The summed E-state index contributed by atoms with van der Waals surface area (Å²) in [7, 11) is 0.